The molecule has 4 nitrogen and oxygen atoms in total. The second kappa shape index (κ2) is 5.56. The molecule has 104 valence electrons. The Labute approximate surface area is 108 Å². The van der Waals surface area contributed by atoms with Crippen molar-refractivity contribution in [3.8, 4) is 0 Å². The lowest BCUT2D eigenvalue weighted by atomic mass is 10.2. The number of hydrogen-bond acceptors (Lipinski definition) is 3. The molecule has 1 aromatic heterocycles. The largest absolute Gasteiger partial charge is 0.401 e. The number of pyridine rings is 1. The molecule has 1 saturated heterocycles. The predicted molar refractivity (Wildman–Crippen MR) is 62.6 cm³/mol. The van der Waals surface area contributed by atoms with Gasteiger partial charge in [-0.1, -0.05) is 0 Å². The van der Waals surface area contributed by atoms with Gasteiger partial charge in [-0.15, -0.1) is 0 Å². The molecule has 0 aromatic carbocycles. The van der Waals surface area contributed by atoms with E-state index in [1.165, 1.54) is 17.3 Å². The van der Waals surface area contributed by atoms with Gasteiger partial charge in [0.2, 0.25) is 0 Å². The zero-order valence-corrected chi connectivity index (χ0v) is 10.2. The van der Waals surface area contributed by atoms with E-state index in [1.54, 1.807) is 17.0 Å². The van der Waals surface area contributed by atoms with Crippen LogP contribution in [0.4, 0.5) is 13.2 Å². The Kier molecular flexibility index (Phi) is 4.04. The SMILES string of the molecule is O=C(c1ccncc1)N1CCN(CC(F)(F)F)CC1. The normalized spacial score (nSPS) is 17.5. The zero-order chi connectivity index (χ0) is 13.9. The van der Waals surface area contributed by atoms with E-state index in [0.29, 0.717) is 18.7 Å². The number of nitrogens with zero attached hydrogens (tertiary/aromatic N) is 3. The lowest BCUT2D eigenvalue weighted by Gasteiger charge is -2.35. The minimum absolute atomic E-state index is 0.158. The molecule has 0 atom stereocenters. The van der Waals surface area contributed by atoms with Crippen LogP contribution in [0.1, 0.15) is 10.4 Å². The van der Waals surface area contributed by atoms with Crippen molar-refractivity contribution in [1.82, 2.24) is 14.8 Å². The van der Waals surface area contributed by atoms with E-state index in [0.717, 1.165) is 0 Å². The highest BCUT2D eigenvalue weighted by Gasteiger charge is 2.32. The van der Waals surface area contributed by atoms with Crippen LogP contribution in [0, 0.1) is 0 Å². The van der Waals surface area contributed by atoms with E-state index in [9.17, 15) is 18.0 Å². The van der Waals surface area contributed by atoms with E-state index < -0.39 is 12.7 Å². The Balaban J connectivity index is 1.88. The van der Waals surface area contributed by atoms with Gasteiger partial charge < -0.3 is 4.90 Å². The third-order valence-corrected chi connectivity index (χ3v) is 2.99. The first kappa shape index (κ1) is 13.8. The number of carbonyl (C=O) groups is 1. The van der Waals surface area contributed by atoms with Gasteiger partial charge in [0.15, 0.2) is 0 Å². The molecule has 1 fully saturated rings. The van der Waals surface area contributed by atoms with Gasteiger partial charge in [0.1, 0.15) is 0 Å². The fraction of sp³-hybridized carbons (Fsp3) is 0.500. The van der Waals surface area contributed by atoms with Crippen molar-refractivity contribution in [1.29, 1.82) is 0 Å². The number of aromatic nitrogens is 1. The highest BCUT2D eigenvalue weighted by atomic mass is 19.4. The Morgan fingerprint density at radius 2 is 1.74 bits per heavy atom. The van der Waals surface area contributed by atoms with E-state index >= 15 is 0 Å². The van der Waals surface area contributed by atoms with Crippen LogP contribution in [0.5, 0.6) is 0 Å². The summed E-state index contributed by atoms with van der Waals surface area (Å²) in [6, 6.07) is 3.20. The molecular formula is C12H14F3N3O. The summed E-state index contributed by atoms with van der Waals surface area (Å²) in [5.41, 5.74) is 0.513. The minimum atomic E-state index is -4.18. The molecule has 0 saturated carbocycles. The summed E-state index contributed by atoms with van der Waals surface area (Å²) in [6.07, 6.45) is -1.14. The number of rotatable bonds is 2. The number of piperazine rings is 1. The highest BCUT2D eigenvalue weighted by molar-refractivity contribution is 5.94. The molecule has 0 N–H and O–H groups in total. The average molecular weight is 273 g/mol. The van der Waals surface area contributed by atoms with Gasteiger partial charge >= 0.3 is 6.18 Å². The van der Waals surface area contributed by atoms with Crippen LogP contribution < -0.4 is 0 Å². The lowest BCUT2D eigenvalue weighted by molar-refractivity contribution is -0.148. The van der Waals surface area contributed by atoms with Crippen LogP contribution in [0.25, 0.3) is 0 Å². The summed E-state index contributed by atoms with van der Waals surface area (Å²) in [5, 5.41) is 0. The van der Waals surface area contributed by atoms with Crippen LogP contribution >= 0.6 is 0 Å². The number of amides is 1. The Morgan fingerprint density at radius 1 is 1.16 bits per heavy atom. The van der Waals surface area contributed by atoms with E-state index in [2.05, 4.69) is 4.98 Å². The number of carbonyl (C=O) groups excluding carboxylic acids is 1. The maximum Gasteiger partial charge on any atom is 0.401 e. The van der Waals surface area contributed by atoms with Gasteiger partial charge in [0.05, 0.1) is 6.54 Å². The van der Waals surface area contributed by atoms with Gasteiger partial charge in [-0.3, -0.25) is 14.7 Å². The maximum atomic E-state index is 12.2. The Hall–Kier alpha value is -1.63. The van der Waals surface area contributed by atoms with E-state index in [-0.39, 0.29) is 19.0 Å². The summed E-state index contributed by atoms with van der Waals surface area (Å²) < 4.78 is 36.7. The van der Waals surface area contributed by atoms with Crippen molar-refractivity contribution in [3.63, 3.8) is 0 Å². The van der Waals surface area contributed by atoms with Gasteiger partial charge in [0.25, 0.3) is 5.91 Å². The molecule has 7 heteroatoms. The number of hydrogen-bond donors (Lipinski definition) is 0. The molecule has 19 heavy (non-hydrogen) atoms. The Bertz CT molecular complexity index is 428. The molecule has 0 bridgehead atoms. The van der Waals surface area contributed by atoms with Crippen molar-refractivity contribution in [2.75, 3.05) is 32.7 Å². The third-order valence-electron chi connectivity index (χ3n) is 2.99. The first-order chi connectivity index (χ1) is 8.96. The van der Waals surface area contributed by atoms with Crippen molar-refractivity contribution >= 4 is 5.91 Å². The predicted octanol–water partition coefficient (Wildman–Crippen LogP) is 1.40. The molecule has 2 rings (SSSR count). The first-order valence-corrected chi connectivity index (χ1v) is 5.94. The molecule has 1 aromatic rings. The van der Waals surface area contributed by atoms with Crippen LogP contribution in [-0.2, 0) is 0 Å². The molecule has 1 aliphatic heterocycles. The van der Waals surface area contributed by atoms with Crippen LogP contribution in [0.2, 0.25) is 0 Å². The fourth-order valence-corrected chi connectivity index (χ4v) is 2.04. The monoisotopic (exact) mass is 273 g/mol. The molecule has 0 unspecified atom stereocenters. The smallest absolute Gasteiger partial charge is 0.336 e. The molecule has 1 amide bonds. The molecular weight excluding hydrogens is 259 g/mol. The van der Waals surface area contributed by atoms with E-state index in [1.807, 2.05) is 0 Å². The van der Waals surface area contributed by atoms with Crippen LogP contribution in [-0.4, -0.2) is 59.6 Å². The molecule has 0 radical (unpaired) electrons. The summed E-state index contributed by atoms with van der Waals surface area (Å²) in [7, 11) is 0. The Morgan fingerprint density at radius 3 is 2.26 bits per heavy atom. The van der Waals surface area contributed by atoms with Crippen molar-refractivity contribution in [2.24, 2.45) is 0 Å². The van der Waals surface area contributed by atoms with E-state index in [4.69, 9.17) is 0 Å². The van der Waals surface area contributed by atoms with Crippen molar-refractivity contribution in [3.05, 3.63) is 30.1 Å². The maximum absolute atomic E-state index is 12.2. The number of alkyl halides is 3. The van der Waals surface area contributed by atoms with Gasteiger partial charge in [-0.05, 0) is 12.1 Å². The number of halogens is 3. The van der Waals surface area contributed by atoms with Gasteiger partial charge in [0, 0.05) is 44.1 Å². The van der Waals surface area contributed by atoms with Gasteiger partial charge in [-0.25, -0.2) is 0 Å². The standard InChI is InChI=1S/C12H14F3N3O/c13-12(14,15)9-17-5-7-18(8-6-17)11(19)10-1-3-16-4-2-10/h1-4H,5-9H2. The first-order valence-electron chi connectivity index (χ1n) is 5.94. The summed E-state index contributed by atoms with van der Waals surface area (Å²) in [6.45, 7) is 0.214. The molecule has 1 aliphatic rings. The molecule has 2 heterocycles. The average Bonchev–Trinajstić information content (AvgIpc) is 2.38. The third kappa shape index (κ3) is 3.92. The lowest BCUT2D eigenvalue weighted by Crippen LogP contribution is -2.50. The van der Waals surface area contributed by atoms with Gasteiger partial charge in [-0.2, -0.15) is 13.2 Å². The molecule has 0 aliphatic carbocycles. The quantitative estimate of drug-likeness (QED) is 0.817. The molecule has 0 spiro atoms. The second-order valence-electron chi connectivity index (χ2n) is 4.42. The fourth-order valence-electron chi connectivity index (χ4n) is 2.04. The van der Waals surface area contributed by atoms with Crippen LogP contribution in [0.3, 0.4) is 0 Å². The van der Waals surface area contributed by atoms with Crippen molar-refractivity contribution in [2.45, 2.75) is 6.18 Å². The minimum Gasteiger partial charge on any atom is -0.336 e. The summed E-state index contributed by atoms with van der Waals surface area (Å²) in [4.78, 5) is 18.8. The van der Waals surface area contributed by atoms with Crippen molar-refractivity contribution < 1.29 is 18.0 Å². The zero-order valence-electron chi connectivity index (χ0n) is 10.2. The highest BCUT2D eigenvalue weighted by Crippen LogP contribution is 2.18. The summed E-state index contributed by atoms with van der Waals surface area (Å²) in [5.74, 6) is -0.158. The van der Waals surface area contributed by atoms with Crippen LogP contribution in [0.15, 0.2) is 24.5 Å². The topological polar surface area (TPSA) is 36.4 Å². The summed E-state index contributed by atoms with van der Waals surface area (Å²) >= 11 is 0. The second-order valence-corrected chi connectivity index (χ2v) is 4.42.